The van der Waals surface area contributed by atoms with Crippen LogP contribution < -0.4 is 14.8 Å². The molecule has 0 aliphatic carbocycles. The number of carbonyl (C=O) groups excluding carboxylic acids is 1. The molecule has 0 radical (unpaired) electrons. The van der Waals surface area contributed by atoms with Crippen LogP contribution in [0.25, 0.3) is 6.08 Å². The van der Waals surface area contributed by atoms with E-state index in [0.29, 0.717) is 18.0 Å². The lowest BCUT2D eigenvalue weighted by atomic mass is 10.1. The van der Waals surface area contributed by atoms with Crippen molar-refractivity contribution in [2.75, 3.05) is 11.9 Å². The number of benzene rings is 2. The highest BCUT2D eigenvalue weighted by Crippen LogP contribution is 2.20. The standard InChI is InChI=1S/C21H22N2O3/c1-4-25-19-10-8-16(9-11-19)12-17(14-22)21(24)23-18-6-5-7-20(13-18)26-15(2)3/h5-13,15H,4H2,1-3H3,(H,23,24)/b17-12-. The zero-order chi connectivity index (χ0) is 18.9. The average Bonchev–Trinajstić information content (AvgIpc) is 2.61. The number of ether oxygens (including phenoxy) is 2. The third kappa shape index (κ3) is 5.67. The Kier molecular flexibility index (Phi) is 6.81. The number of rotatable bonds is 7. The molecular formula is C21H22N2O3. The zero-order valence-electron chi connectivity index (χ0n) is 15.2. The molecule has 134 valence electrons. The van der Waals surface area contributed by atoms with Crippen LogP contribution in [0.4, 0.5) is 5.69 Å². The molecule has 0 aliphatic rings. The first-order valence-electron chi connectivity index (χ1n) is 8.44. The average molecular weight is 350 g/mol. The van der Waals surface area contributed by atoms with Gasteiger partial charge in [0.1, 0.15) is 23.1 Å². The van der Waals surface area contributed by atoms with Crippen LogP contribution in [0.1, 0.15) is 26.3 Å². The molecule has 0 saturated carbocycles. The lowest BCUT2D eigenvalue weighted by molar-refractivity contribution is -0.112. The zero-order valence-corrected chi connectivity index (χ0v) is 15.2. The molecule has 1 amide bonds. The molecule has 26 heavy (non-hydrogen) atoms. The fraction of sp³-hybridized carbons (Fsp3) is 0.238. The lowest BCUT2D eigenvalue weighted by Crippen LogP contribution is -2.13. The van der Waals surface area contributed by atoms with Gasteiger partial charge in [0.05, 0.1) is 12.7 Å². The van der Waals surface area contributed by atoms with E-state index in [1.54, 1.807) is 48.5 Å². The summed E-state index contributed by atoms with van der Waals surface area (Å²) in [6, 6.07) is 16.2. The molecule has 0 spiro atoms. The van der Waals surface area contributed by atoms with Crippen LogP contribution in [0.3, 0.4) is 0 Å². The number of nitrogens with zero attached hydrogens (tertiary/aromatic N) is 1. The number of hydrogen-bond acceptors (Lipinski definition) is 4. The molecule has 0 heterocycles. The Morgan fingerprint density at radius 1 is 1.19 bits per heavy atom. The number of nitriles is 1. The van der Waals surface area contributed by atoms with Gasteiger partial charge < -0.3 is 14.8 Å². The van der Waals surface area contributed by atoms with Gasteiger partial charge in [-0.1, -0.05) is 18.2 Å². The molecule has 2 rings (SSSR count). The van der Waals surface area contributed by atoms with Crippen molar-refractivity contribution in [1.82, 2.24) is 0 Å². The van der Waals surface area contributed by atoms with Gasteiger partial charge in [0.15, 0.2) is 0 Å². The quantitative estimate of drug-likeness (QED) is 0.593. The summed E-state index contributed by atoms with van der Waals surface area (Å²) in [5.41, 5.74) is 1.34. The number of hydrogen-bond donors (Lipinski definition) is 1. The second-order valence-electron chi connectivity index (χ2n) is 5.82. The summed E-state index contributed by atoms with van der Waals surface area (Å²) in [6.45, 7) is 6.35. The first kappa shape index (κ1) is 19.1. The number of nitrogens with one attached hydrogen (secondary N) is 1. The molecule has 0 unspecified atom stereocenters. The van der Waals surface area contributed by atoms with Crippen LogP contribution in [-0.2, 0) is 4.79 Å². The van der Waals surface area contributed by atoms with E-state index in [4.69, 9.17) is 9.47 Å². The Bertz CT molecular complexity index is 818. The van der Waals surface area contributed by atoms with E-state index >= 15 is 0 Å². The van der Waals surface area contributed by atoms with Gasteiger partial charge in [-0.15, -0.1) is 0 Å². The van der Waals surface area contributed by atoms with Crippen molar-refractivity contribution in [2.24, 2.45) is 0 Å². The summed E-state index contributed by atoms with van der Waals surface area (Å²) in [7, 11) is 0. The smallest absolute Gasteiger partial charge is 0.266 e. The minimum Gasteiger partial charge on any atom is -0.494 e. The van der Waals surface area contributed by atoms with Gasteiger partial charge in [0.2, 0.25) is 0 Å². The van der Waals surface area contributed by atoms with Crippen molar-refractivity contribution in [3.05, 3.63) is 59.7 Å². The van der Waals surface area contributed by atoms with Crippen molar-refractivity contribution < 1.29 is 14.3 Å². The van der Waals surface area contributed by atoms with E-state index < -0.39 is 5.91 Å². The fourth-order valence-electron chi connectivity index (χ4n) is 2.26. The SMILES string of the molecule is CCOc1ccc(/C=C(/C#N)C(=O)Nc2cccc(OC(C)C)c2)cc1. The van der Waals surface area contributed by atoms with Gasteiger partial charge in [0.25, 0.3) is 5.91 Å². The van der Waals surface area contributed by atoms with E-state index in [-0.39, 0.29) is 11.7 Å². The third-order valence-electron chi connectivity index (χ3n) is 3.33. The minimum atomic E-state index is -0.469. The molecule has 5 heteroatoms. The third-order valence-corrected chi connectivity index (χ3v) is 3.33. The molecule has 0 aromatic heterocycles. The molecule has 5 nitrogen and oxygen atoms in total. The predicted octanol–water partition coefficient (Wildman–Crippen LogP) is 4.42. The number of amides is 1. The van der Waals surface area contributed by atoms with Crippen LogP contribution >= 0.6 is 0 Å². The molecular weight excluding hydrogens is 328 g/mol. The Hall–Kier alpha value is -3.26. The fourth-order valence-corrected chi connectivity index (χ4v) is 2.26. The van der Waals surface area contributed by atoms with E-state index in [1.165, 1.54) is 0 Å². The Morgan fingerprint density at radius 2 is 1.92 bits per heavy atom. The molecule has 0 fully saturated rings. The van der Waals surface area contributed by atoms with E-state index in [0.717, 1.165) is 11.3 Å². The molecule has 1 N–H and O–H groups in total. The summed E-state index contributed by atoms with van der Waals surface area (Å²) >= 11 is 0. The molecule has 2 aromatic carbocycles. The van der Waals surface area contributed by atoms with E-state index in [1.807, 2.05) is 32.9 Å². The van der Waals surface area contributed by atoms with Gasteiger partial charge in [-0.05, 0) is 56.7 Å². The second-order valence-corrected chi connectivity index (χ2v) is 5.82. The largest absolute Gasteiger partial charge is 0.494 e. The minimum absolute atomic E-state index is 0.0179. The van der Waals surface area contributed by atoms with Crippen molar-refractivity contribution in [1.29, 1.82) is 5.26 Å². The predicted molar refractivity (Wildman–Crippen MR) is 102 cm³/mol. The maximum atomic E-state index is 12.4. The maximum Gasteiger partial charge on any atom is 0.266 e. The molecule has 0 aliphatic heterocycles. The normalized spacial score (nSPS) is 11.0. The molecule has 0 bridgehead atoms. The summed E-state index contributed by atoms with van der Waals surface area (Å²) in [4.78, 5) is 12.4. The summed E-state index contributed by atoms with van der Waals surface area (Å²) < 4.78 is 11.0. The van der Waals surface area contributed by atoms with Gasteiger partial charge >= 0.3 is 0 Å². The van der Waals surface area contributed by atoms with Crippen molar-refractivity contribution in [3.8, 4) is 17.6 Å². The number of carbonyl (C=O) groups is 1. The topological polar surface area (TPSA) is 71.3 Å². The van der Waals surface area contributed by atoms with Crippen molar-refractivity contribution in [3.63, 3.8) is 0 Å². The van der Waals surface area contributed by atoms with Crippen LogP contribution in [0, 0.1) is 11.3 Å². The van der Waals surface area contributed by atoms with Crippen molar-refractivity contribution in [2.45, 2.75) is 26.9 Å². The summed E-state index contributed by atoms with van der Waals surface area (Å²) in [5, 5.41) is 12.0. The Morgan fingerprint density at radius 3 is 2.54 bits per heavy atom. The van der Waals surface area contributed by atoms with Crippen LogP contribution in [0.5, 0.6) is 11.5 Å². The summed E-state index contributed by atoms with van der Waals surface area (Å²) in [6.07, 6.45) is 1.58. The lowest BCUT2D eigenvalue weighted by Gasteiger charge is -2.11. The first-order valence-corrected chi connectivity index (χ1v) is 8.44. The van der Waals surface area contributed by atoms with Crippen molar-refractivity contribution >= 4 is 17.7 Å². The highest BCUT2D eigenvalue weighted by molar-refractivity contribution is 6.09. The van der Waals surface area contributed by atoms with Crippen LogP contribution in [0.2, 0.25) is 0 Å². The monoisotopic (exact) mass is 350 g/mol. The van der Waals surface area contributed by atoms with Gasteiger partial charge in [-0.25, -0.2) is 0 Å². The first-order chi connectivity index (χ1) is 12.5. The van der Waals surface area contributed by atoms with E-state index in [9.17, 15) is 10.1 Å². The van der Waals surface area contributed by atoms with Crippen LogP contribution in [-0.4, -0.2) is 18.6 Å². The highest BCUT2D eigenvalue weighted by atomic mass is 16.5. The van der Waals surface area contributed by atoms with Gasteiger partial charge in [0, 0.05) is 11.8 Å². The highest BCUT2D eigenvalue weighted by Gasteiger charge is 2.10. The molecule has 0 saturated heterocycles. The van der Waals surface area contributed by atoms with E-state index in [2.05, 4.69) is 5.32 Å². The Balaban J connectivity index is 2.12. The molecule has 2 aromatic rings. The summed E-state index contributed by atoms with van der Waals surface area (Å²) in [5.74, 6) is 0.935. The Labute approximate surface area is 153 Å². The van der Waals surface area contributed by atoms with Gasteiger partial charge in [-0.2, -0.15) is 5.26 Å². The number of anilines is 1. The van der Waals surface area contributed by atoms with Gasteiger partial charge in [-0.3, -0.25) is 4.79 Å². The maximum absolute atomic E-state index is 12.4. The van der Waals surface area contributed by atoms with Crippen LogP contribution in [0.15, 0.2) is 54.1 Å². The molecule has 0 atom stereocenters. The second kappa shape index (κ2) is 9.28.